The largest absolute Gasteiger partial charge is 0.397 e. The standard InChI is InChI=1S/C40H52N4O5/c1-39(2)21-31-22-40(3,25-39)26-44(31)23-32-20-35(28-17-15-27(24-45)16-18-28)49-38(48-32)29-9-8-10-30(19-29)42-36(46)13-6-7-14-37(47)43-34-12-5-4-11-33(34)41/h4-5,8-12,15-19,31-32,35,38,45H,6-7,13-14,20-26,41H2,1-3H3,(H,42,46)(H,43,47). The summed E-state index contributed by atoms with van der Waals surface area (Å²) in [5, 5.41) is 15.4. The highest BCUT2D eigenvalue weighted by Gasteiger charge is 2.50. The maximum Gasteiger partial charge on any atom is 0.224 e. The molecule has 3 fully saturated rings. The molecule has 5 unspecified atom stereocenters. The van der Waals surface area contributed by atoms with Crippen molar-refractivity contribution in [2.45, 2.75) is 103 Å². The molecule has 0 radical (unpaired) electrons. The van der Waals surface area contributed by atoms with E-state index in [-0.39, 0.29) is 30.6 Å². The quantitative estimate of drug-likeness (QED) is 0.118. The lowest BCUT2D eigenvalue weighted by Gasteiger charge is -2.41. The van der Waals surface area contributed by atoms with Crippen LogP contribution < -0.4 is 16.4 Å². The number of carbonyl (C=O) groups is 2. The number of fused-ring (bicyclic) bond motifs is 2. The predicted octanol–water partition coefficient (Wildman–Crippen LogP) is 7.34. The molecule has 1 aliphatic carbocycles. The minimum absolute atomic E-state index is 0.00326. The molecule has 1 saturated carbocycles. The second-order valence-electron chi connectivity index (χ2n) is 15.5. The van der Waals surface area contributed by atoms with Crippen molar-refractivity contribution >= 4 is 28.9 Å². The number of hydrogen-bond acceptors (Lipinski definition) is 7. The number of benzene rings is 3. The number of anilines is 3. The van der Waals surface area contributed by atoms with Crippen molar-refractivity contribution in [2.24, 2.45) is 10.8 Å². The van der Waals surface area contributed by atoms with Gasteiger partial charge in [0.15, 0.2) is 6.29 Å². The van der Waals surface area contributed by atoms with Gasteiger partial charge in [0.05, 0.1) is 30.2 Å². The minimum Gasteiger partial charge on any atom is -0.397 e. The number of hydrogen-bond donors (Lipinski definition) is 4. The number of unbranched alkanes of at least 4 members (excludes halogenated alkanes) is 1. The Kier molecular flexibility index (Phi) is 10.7. The molecule has 2 amide bonds. The Bertz CT molecular complexity index is 1610. The van der Waals surface area contributed by atoms with Crippen molar-refractivity contribution in [2.75, 3.05) is 29.5 Å². The summed E-state index contributed by atoms with van der Waals surface area (Å²) in [6.45, 7) is 9.21. The SMILES string of the molecule is CC1(C)CC2CC(C)(CN2CC2CC(c3ccc(CO)cc3)OC(c3cccc(NC(=O)CCCCC(=O)Nc4ccccc4N)c3)O2)C1. The zero-order valence-corrected chi connectivity index (χ0v) is 29.1. The van der Waals surface area contributed by atoms with Gasteiger partial charge in [-0.1, -0.05) is 69.3 Å². The summed E-state index contributed by atoms with van der Waals surface area (Å²) < 4.78 is 13.3. The highest BCUT2D eigenvalue weighted by molar-refractivity contribution is 5.94. The molecule has 0 aromatic heterocycles. The summed E-state index contributed by atoms with van der Waals surface area (Å²) in [5.41, 5.74) is 11.2. The van der Waals surface area contributed by atoms with E-state index >= 15 is 0 Å². The van der Waals surface area contributed by atoms with Gasteiger partial charge in [0.1, 0.15) is 0 Å². The number of aliphatic hydroxyl groups is 1. The van der Waals surface area contributed by atoms with Gasteiger partial charge >= 0.3 is 0 Å². The molecular formula is C40H52N4O5. The predicted molar refractivity (Wildman–Crippen MR) is 193 cm³/mol. The third kappa shape index (κ3) is 9.08. The first-order valence-corrected chi connectivity index (χ1v) is 17.8. The molecule has 0 spiro atoms. The maximum absolute atomic E-state index is 12.9. The number of nitrogen functional groups attached to an aromatic ring is 1. The Morgan fingerprint density at radius 1 is 0.898 bits per heavy atom. The first kappa shape index (κ1) is 35.1. The average Bonchev–Trinajstić information content (AvgIpc) is 3.31. The van der Waals surface area contributed by atoms with E-state index in [0.717, 1.165) is 36.2 Å². The third-order valence-electron chi connectivity index (χ3n) is 10.3. The highest BCUT2D eigenvalue weighted by atomic mass is 16.7. The lowest BCUT2D eigenvalue weighted by Crippen LogP contribution is -2.42. The normalized spacial score (nSPS) is 26.3. The second-order valence-corrected chi connectivity index (χ2v) is 15.5. The van der Waals surface area contributed by atoms with Gasteiger partial charge in [-0.05, 0) is 78.3 Å². The number of para-hydroxylation sites is 2. The average molecular weight is 669 g/mol. The zero-order chi connectivity index (χ0) is 34.6. The number of carbonyl (C=O) groups excluding carboxylic acids is 2. The van der Waals surface area contributed by atoms with Gasteiger partial charge in [-0.2, -0.15) is 0 Å². The fourth-order valence-electron chi connectivity index (χ4n) is 8.47. The van der Waals surface area contributed by atoms with Crippen molar-refractivity contribution in [3.8, 4) is 0 Å². The van der Waals surface area contributed by atoms with Crippen LogP contribution in [0.4, 0.5) is 17.1 Å². The Morgan fingerprint density at radius 3 is 2.37 bits per heavy atom. The Morgan fingerprint density at radius 2 is 1.63 bits per heavy atom. The molecule has 5 atom stereocenters. The Balaban J connectivity index is 1.07. The summed E-state index contributed by atoms with van der Waals surface area (Å²) in [7, 11) is 0. The highest BCUT2D eigenvalue weighted by Crippen LogP contribution is 2.53. The number of nitrogens with zero attached hydrogens (tertiary/aromatic N) is 1. The van der Waals surface area contributed by atoms with Crippen LogP contribution in [0, 0.1) is 10.8 Å². The third-order valence-corrected chi connectivity index (χ3v) is 10.3. The Labute approximate surface area is 290 Å². The molecule has 262 valence electrons. The molecule has 3 aliphatic rings. The number of rotatable bonds is 12. The zero-order valence-electron chi connectivity index (χ0n) is 29.1. The molecule has 9 nitrogen and oxygen atoms in total. The van der Waals surface area contributed by atoms with Crippen molar-refractivity contribution in [3.05, 3.63) is 89.5 Å². The van der Waals surface area contributed by atoms with E-state index in [4.69, 9.17) is 15.2 Å². The van der Waals surface area contributed by atoms with Crippen LogP contribution in [0.25, 0.3) is 0 Å². The second kappa shape index (κ2) is 15.0. The van der Waals surface area contributed by atoms with Gasteiger partial charge in [0.25, 0.3) is 0 Å². The van der Waals surface area contributed by atoms with E-state index in [1.54, 1.807) is 12.1 Å². The molecular weight excluding hydrogens is 616 g/mol. The molecule has 3 aromatic rings. The van der Waals surface area contributed by atoms with Crippen LogP contribution in [0.3, 0.4) is 0 Å². The topological polar surface area (TPSA) is 126 Å². The number of nitrogens with two attached hydrogens (primary N) is 1. The van der Waals surface area contributed by atoms with Crippen molar-refractivity contribution in [3.63, 3.8) is 0 Å². The van der Waals surface area contributed by atoms with Crippen LogP contribution in [0.15, 0.2) is 72.8 Å². The molecule has 49 heavy (non-hydrogen) atoms. The maximum atomic E-state index is 12.9. The lowest BCUT2D eigenvalue weighted by molar-refractivity contribution is -0.253. The molecule has 2 bridgehead atoms. The molecule has 6 rings (SSSR count). The number of nitrogens with one attached hydrogen (secondary N) is 2. The van der Waals surface area contributed by atoms with Crippen molar-refractivity contribution < 1.29 is 24.2 Å². The van der Waals surface area contributed by atoms with Crippen LogP contribution in [0.1, 0.15) is 101 Å². The van der Waals surface area contributed by atoms with Crippen molar-refractivity contribution in [1.82, 2.24) is 4.90 Å². The van der Waals surface area contributed by atoms with Crippen LogP contribution in [-0.4, -0.2) is 47.1 Å². The van der Waals surface area contributed by atoms with E-state index in [1.165, 1.54) is 19.3 Å². The monoisotopic (exact) mass is 668 g/mol. The summed E-state index contributed by atoms with van der Waals surface area (Å²) in [4.78, 5) is 27.9. The van der Waals surface area contributed by atoms with Gasteiger partial charge in [0, 0.05) is 49.6 Å². The van der Waals surface area contributed by atoms with Crippen LogP contribution >= 0.6 is 0 Å². The molecule has 9 heteroatoms. The molecule has 2 aliphatic heterocycles. The first-order valence-electron chi connectivity index (χ1n) is 17.8. The van der Waals surface area contributed by atoms with Crippen LogP contribution in [0.5, 0.6) is 0 Å². The van der Waals surface area contributed by atoms with Crippen molar-refractivity contribution in [1.29, 1.82) is 0 Å². The fraction of sp³-hybridized carbons (Fsp3) is 0.500. The number of likely N-dealkylation sites (tertiary alicyclic amines) is 1. The fourth-order valence-corrected chi connectivity index (χ4v) is 8.47. The first-order chi connectivity index (χ1) is 23.5. The molecule has 2 heterocycles. The van der Waals surface area contributed by atoms with Gasteiger partial charge < -0.3 is 30.9 Å². The number of amides is 2. The van der Waals surface area contributed by atoms with E-state index in [9.17, 15) is 14.7 Å². The number of ether oxygens (including phenoxy) is 2. The number of aliphatic hydroxyl groups excluding tert-OH is 1. The smallest absolute Gasteiger partial charge is 0.224 e. The summed E-state index contributed by atoms with van der Waals surface area (Å²) in [6.07, 6.45) is 5.45. The van der Waals surface area contributed by atoms with Gasteiger partial charge in [-0.3, -0.25) is 14.5 Å². The van der Waals surface area contributed by atoms with E-state index in [2.05, 4.69) is 36.3 Å². The summed E-state index contributed by atoms with van der Waals surface area (Å²) in [5.74, 6) is -0.225. The summed E-state index contributed by atoms with van der Waals surface area (Å²) in [6, 6.07) is 23.4. The molecule has 3 aromatic carbocycles. The van der Waals surface area contributed by atoms with Crippen LogP contribution in [0.2, 0.25) is 0 Å². The minimum atomic E-state index is -0.593. The van der Waals surface area contributed by atoms with E-state index in [0.29, 0.717) is 59.6 Å². The van der Waals surface area contributed by atoms with Gasteiger partial charge in [0.2, 0.25) is 11.8 Å². The van der Waals surface area contributed by atoms with E-state index in [1.807, 2.05) is 60.7 Å². The Hall–Kier alpha value is -3.76. The van der Waals surface area contributed by atoms with Gasteiger partial charge in [-0.25, -0.2) is 0 Å². The lowest BCUT2D eigenvalue weighted by atomic mass is 9.65. The van der Waals surface area contributed by atoms with Gasteiger partial charge in [-0.15, -0.1) is 0 Å². The molecule has 2 saturated heterocycles. The molecule has 5 N–H and O–H groups in total. The van der Waals surface area contributed by atoms with Crippen LogP contribution in [-0.2, 0) is 25.7 Å². The van der Waals surface area contributed by atoms with E-state index < -0.39 is 6.29 Å². The summed E-state index contributed by atoms with van der Waals surface area (Å²) >= 11 is 0.